The smallest absolute Gasteiger partial charge is 0.227 e. The van der Waals surface area contributed by atoms with Gasteiger partial charge in [0.1, 0.15) is 0 Å². The van der Waals surface area contributed by atoms with Gasteiger partial charge in [0.15, 0.2) is 0 Å². The lowest BCUT2D eigenvalue weighted by molar-refractivity contribution is -0.126. The lowest BCUT2D eigenvalue weighted by Crippen LogP contribution is -2.40. The third-order valence-corrected chi connectivity index (χ3v) is 6.60. The van der Waals surface area contributed by atoms with E-state index in [0.717, 1.165) is 67.4 Å². The summed E-state index contributed by atoms with van der Waals surface area (Å²) in [6.07, 6.45) is 3.32. The molecular weight excluding hydrogens is 384 g/mol. The number of piperidine rings is 1. The van der Waals surface area contributed by atoms with E-state index in [9.17, 15) is 9.59 Å². The zero-order valence-electron chi connectivity index (χ0n) is 16.9. The Hall–Kier alpha value is -2.25. The number of anilines is 1. The van der Waals surface area contributed by atoms with E-state index in [-0.39, 0.29) is 17.7 Å². The average molecular weight is 413 g/mol. The maximum absolute atomic E-state index is 12.6. The predicted octanol–water partition coefficient (Wildman–Crippen LogP) is 3.11. The van der Waals surface area contributed by atoms with E-state index in [1.54, 1.807) is 11.3 Å². The number of rotatable bonds is 6. The van der Waals surface area contributed by atoms with Gasteiger partial charge < -0.3 is 10.2 Å². The van der Waals surface area contributed by atoms with Gasteiger partial charge in [0.2, 0.25) is 11.8 Å². The Balaban J connectivity index is 1.25. The largest absolute Gasteiger partial charge is 0.352 e. The van der Waals surface area contributed by atoms with Crippen LogP contribution in [-0.2, 0) is 22.7 Å². The third-order valence-electron chi connectivity index (χ3n) is 5.77. The monoisotopic (exact) mass is 412 g/mol. The Morgan fingerprint density at radius 3 is 2.79 bits per heavy atom. The predicted molar refractivity (Wildman–Crippen MR) is 115 cm³/mol. The Kier molecular flexibility index (Phi) is 6.25. The minimum atomic E-state index is 0.0757. The molecule has 0 spiro atoms. The number of carbonyl (C=O) groups is 2. The maximum atomic E-state index is 12.6. The Bertz CT molecular complexity index is 873. The van der Waals surface area contributed by atoms with Crippen LogP contribution in [0.2, 0.25) is 0 Å². The molecule has 1 aromatic carbocycles. The molecule has 0 unspecified atom stereocenters. The van der Waals surface area contributed by atoms with Crippen LogP contribution < -0.4 is 10.2 Å². The first-order chi connectivity index (χ1) is 14.1. The standard InChI is InChI=1S/C22H28N4O2S/c1-16-24-19(15-29-16)14-25-10-7-18(8-11-25)22(28)23-13-17-4-2-5-20(12-17)26-9-3-6-21(26)27/h2,4-5,12,15,18H,3,6-11,13-14H2,1H3,(H,23,28). The van der Waals surface area contributed by atoms with Gasteiger partial charge in [0.25, 0.3) is 0 Å². The molecule has 0 atom stereocenters. The summed E-state index contributed by atoms with van der Waals surface area (Å²) >= 11 is 1.69. The number of likely N-dealkylation sites (tertiary alicyclic amines) is 1. The number of aryl methyl sites for hydroxylation is 1. The summed E-state index contributed by atoms with van der Waals surface area (Å²) in [6.45, 7) is 6.06. The molecular formula is C22H28N4O2S. The van der Waals surface area contributed by atoms with Gasteiger partial charge in [-0.2, -0.15) is 0 Å². The van der Waals surface area contributed by atoms with Crippen molar-refractivity contribution in [2.45, 2.75) is 45.7 Å². The molecule has 0 bridgehead atoms. The highest BCUT2D eigenvalue weighted by molar-refractivity contribution is 7.09. The van der Waals surface area contributed by atoms with Crippen LogP contribution in [0, 0.1) is 12.8 Å². The van der Waals surface area contributed by atoms with E-state index < -0.39 is 0 Å². The summed E-state index contributed by atoms with van der Waals surface area (Å²) in [6, 6.07) is 7.94. The summed E-state index contributed by atoms with van der Waals surface area (Å²) in [7, 11) is 0. The Labute approximate surface area is 175 Å². The molecule has 2 fully saturated rings. The minimum absolute atomic E-state index is 0.0757. The SMILES string of the molecule is Cc1nc(CN2CCC(C(=O)NCc3cccc(N4CCCC4=O)c3)CC2)cs1. The van der Waals surface area contributed by atoms with Gasteiger partial charge in [-0.15, -0.1) is 11.3 Å². The lowest BCUT2D eigenvalue weighted by Gasteiger charge is -2.30. The van der Waals surface area contributed by atoms with Crippen LogP contribution in [0.15, 0.2) is 29.6 Å². The molecule has 2 aliphatic rings. The van der Waals surface area contributed by atoms with Crippen molar-refractivity contribution in [3.05, 3.63) is 45.9 Å². The molecule has 0 aliphatic carbocycles. The van der Waals surface area contributed by atoms with E-state index in [2.05, 4.69) is 20.6 Å². The number of nitrogens with one attached hydrogen (secondary N) is 1. The topological polar surface area (TPSA) is 65.5 Å². The van der Waals surface area contributed by atoms with Crippen molar-refractivity contribution in [1.82, 2.24) is 15.2 Å². The van der Waals surface area contributed by atoms with Gasteiger partial charge in [-0.3, -0.25) is 14.5 Å². The van der Waals surface area contributed by atoms with Gasteiger partial charge in [0.05, 0.1) is 10.7 Å². The molecule has 3 heterocycles. The Morgan fingerprint density at radius 2 is 2.10 bits per heavy atom. The number of hydrogen-bond donors (Lipinski definition) is 1. The zero-order chi connectivity index (χ0) is 20.2. The van der Waals surface area contributed by atoms with Crippen LogP contribution in [-0.4, -0.2) is 41.3 Å². The van der Waals surface area contributed by atoms with Gasteiger partial charge in [-0.1, -0.05) is 12.1 Å². The highest BCUT2D eigenvalue weighted by atomic mass is 32.1. The van der Waals surface area contributed by atoms with Crippen LogP contribution >= 0.6 is 11.3 Å². The first-order valence-electron chi connectivity index (χ1n) is 10.4. The number of nitrogens with zero attached hydrogens (tertiary/aromatic N) is 3. The highest BCUT2D eigenvalue weighted by Crippen LogP contribution is 2.23. The van der Waals surface area contributed by atoms with E-state index in [0.29, 0.717) is 13.0 Å². The van der Waals surface area contributed by atoms with Crippen molar-refractivity contribution in [1.29, 1.82) is 0 Å². The van der Waals surface area contributed by atoms with Crippen LogP contribution in [0.1, 0.15) is 41.9 Å². The molecule has 154 valence electrons. The third kappa shape index (κ3) is 5.03. The molecule has 0 saturated carbocycles. The fraction of sp³-hybridized carbons (Fsp3) is 0.500. The molecule has 1 N–H and O–H groups in total. The van der Waals surface area contributed by atoms with E-state index in [1.165, 1.54) is 0 Å². The summed E-state index contributed by atoms with van der Waals surface area (Å²) < 4.78 is 0. The van der Waals surface area contributed by atoms with Crippen molar-refractivity contribution in [3.8, 4) is 0 Å². The molecule has 4 rings (SSSR count). The van der Waals surface area contributed by atoms with E-state index >= 15 is 0 Å². The van der Waals surface area contributed by atoms with Crippen molar-refractivity contribution < 1.29 is 9.59 Å². The molecule has 2 saturated heterocycles. The summed E-state index contributed by atoms with van der Waals surface area (Å²) in [5, 5.41) is 6.32. The van der Waals surface area contributed by atoms with Crippen molar-refractivity contribution in [3.63, 3.8) is 0 Å². The van der Waals surface area contributed by atoms with Crippen molar-refractivity contribution in [2.24, 2.45) is 5.92 Å². The van der Waals surface area contributed by atoms with E-state index in [4.69, 9.17) is 0 Å². The fourth-order valence-corrected chi connectivity index (χ4v) is 4.76. The molecule has 2 aliphatic heterocycles. The summed E-state index contributed by atoms with van der Waals surface area (Å²) in [4.78, 5) is 33.3. The van der Waals surface area contributed by atoms with E-state index in [1.807, 2.05) is 36.1 Å². The first kappa shape index (κ1) is 20.0. The zero-order valence-corrected chi connectivity index (χ0v) is 17.7. The number of carbonyl (C=O) groups excluding carboxylic acids is 2. The molecule has 29 heavy (non-hydrogen) atoms. The molecule has 7 heteroatoms. The first-order valence-corrected chi connectivity index (χ1v) is 11.3. The average Bonchev–Trinajstić information content (AvgIpc) is 3.35. The van der Waals surface area contributed by atoms with Gasteiger partial charge in [0, 0.05) is 43.0 Å². The molecule has 0 radical (unpaired) electrons. The summed E-state index contributed by atoms with van der Waals surface area (Å²) in [5.74, 6) is 0.398. The molecule has 2 aromatic rings. The second kappa shape index (κ2) is 9.05. The van der Waals surface area contributed by atoms with Gasteiger partial charge in [-0.05, 0) is 57.0 Å². The molecule has 6 nitrogen and oxygen atoms in total. The molecule has 1 aromatic heterocycles. The normalized spacial score (nSPS) is 18.4. The fourth-order valence-electron chi connectivity index (χ4n) is 4.15. The van der Waals surface area contributed by atoms with Crippen LogP contribution in [0.3, 0.4) is 0 Å². The second-order valence-electron chi connectivity index (χ2n) is 7.94. The van der Waals surface area contributed by atoms with Gasteiger partial charge >= 0.3 is 0 Å². The van der Waals surface area contributed by atoms with Crippen molar-refractivity contribution in [2.75, 3.05) is 24.5 Å². The Morgan fingerprint density at radius 1 is 1.28 bits per heavy atom. The summed E-state index contributed by atoms with van der Waals surface area (Å²) in [5.41, 5.74) is 3.10. The maximum Gasteiger partial charge on any atom is 0.227 e. The van der Waals surface area contributed by atoms with Crippen LogP contribution in [0.25, 0.3) is 0 Å². The number of benzene rings is 1. The van der Waals surface area contributed by atoms with Crippen molar-refractivity contribution >= 4 is 28.8 Å². The van der Waals surface area contributed by atoms with Crippen LogP contribution in [0.5, 0.6) is 0 Å². The minimum Gasteiger partial charge on any atom is -0.352 e. The number of aromatic nitrogens is 1. The number of hydrogen-bond acceptors (Lipinski definition) is 5. The van der Waals surface area contributed by atoms with Gasteiger partial charge in [-0.25, -0.2) is 4.98 Å². The number of thiazole rings is 1. The quantitative estimate of drug-likeness (QED) is 0.792. The number of amides is 2. The lowest BCUT2D eigenvalue weighted by atomic mass is 9.95. The van der Waals surface area contributed by atoms with Crippen LogP contribution in [0.4, 0.5) is 5.69 Å². The second-order valence-corrected chi connectivity index (χ2v) is 9.01. The highest BCUT2D eigenvalue weighted by Gasteiger charge is 2.25. The molecule has 2 amide bonds.